The minimum Gasteiger partial charge on any atom is -0.483 e. The third-order valence-corrected chi connectivity index (χ3v) is 3.55. The van der Waals surface area contributed by atoms with Gasteiger partial charge in [0.1, 0.15) is 0 Å². The molecule has 2 nitrogen and oxygen atoms in total. The van der Waals surface area contributed by atoms with E-state index >= 15 is 0 Å². The summed E-state index contributed by atoms with van der Waals surface area (Å²) in [5, 5.41) is 0. The zero-order valence-electron chi connectivity index (χ0n) is 9.97. The second kappa shape index (κ2) is 4.87. The summed E-state index contributed by atoms with van der Waals surface area (Å²) in [5.41, 5.74) is 2.36. The Bertz CT molecular complexity index is 202. The van der Waals surface area contributed by atoms with Gasteiger partial charge in [-0.1, -0.05) is 19.6 Å². The van der Waals surface area contributed by atoms with E-state index in [1.165, 1.54) is 32.4 Å². The number of ether oxygens (including phenoxy) is 1. The summed E-state index contributed by atoms with van der Waals surface area (Å²) in [5.74, 6) is 1.11. The van der Waals surface area contributed by atoms with Crippen molar-refractivity contribution < 1.29 is 4.74 Å². The van der Waals surface area contributed by atoms with E-state index in [0.29, 0.717) is 0 Å². The first-order chi connectivity index (χ1) is 6.53. The molecule has 0 amide bonds. The summed E-state index contributed by atoms with van der Waals surface area (Å²) in [6.45, 7) is 9.37. The van der Waals surface area contributed by atoms with Crippen LogP contribution in [0.2, 0.25) is 19.6 Å². The van der Waals surface area contributed by atoms with Crippen molar-refractivity contribution in [1.29, 1.82) is 0 Å². The van der Waals surface area contributed by atoms with Crippen LogP contribution in [0.25, 0.3) is 0 Å². The number of piperidine rings is 1. The smallest absolute Gasteiger partial charge is 0.180 e. The van der Waals surface area contributed by atoms with E-state index in [2.05, 4.69) is 30.2 Å². The van der Waals surface area contributed by atoms with Crippen molar-refractivity contribution >= 4 is 8.07 Å². The van der Waals surface area contributed by atoms with E-state index in [9.17, 15) is 0 Å². The highest BCUT2D eigenvalue weighted by Crippen LogP contribution is 2.17. The van der Waals surface area contributed by atoms with E-state index in [1.54, 1.807) is 7.11 Å². The van der Waals surface area contributed by atoms with Crippen molar-refractivity contribution in [3.8, 4) is 0 Å². The first-order valence-corrected chi connectivity index (χ1v) is 9.12. The predicted molar refractivity (Wildman–Crippen MR) is 63.9 cm³/mol. The van der Waals surface area contributed by atoms with Crippen LogP contribution in [0.15, 0.2) is 11.6 Å². The minimum absolute atomic E-state index is 1.11. The Kier molecular flexibility index (Phi) is 4.05. The molecule has 1 aliphatic heterocycles. The zero-order chi connectivity index (χ0) is 10.6. The average Bonchev–Trinajstić information content (AvgIpc) is 2.14. The molecule has 82 valence electrons. The number of hydrogen-bond donors (Lipinski definition) is 0. The minimum atomic E-state index is -1.15. The Labute approximate surface area is 88.9 Å². The lowest BCUT2D eigenvalue weighted by Gasteiger charge is -2.31. The fraction of sp³-hybridized carbons (Fsp3) is 0.818. The molecule has 0 aromatic carbocycles. The number of nitrogens with zero attached hydrogens (tertiary/aromatic N) is 1. The summed E-state index contributed by atoms with van der Waals surface area (Å²) in [7, 11) is 0.638. The fourth-order valence-corrected chi connectivity index (χ4v) is 2.81. The van der Waals surface area contributed by atoms with Gasteiger partial charge < -0.3 is 9.64 Å². The third-order valence-electron chi connectivity index (χ3n) is 2.43. The largest absolute Gasteiger partial charge is 0.483 e. The number of hydrogen-bond acceptors (Lipinski definition) is 2. The van der Waals surface area contributed by atoms with Gasteiger partial charge in [0.05, 0.1) is 15.2 Å². The number of likely N-dealkylation sites (tertiary alicyclic amines) is 1. The molecule has 0 unspecified atom stereocenters. The van der Waals surface area contributed by atoms with Gasteiger partial charge in [-0.3, -0.25) is 0 Å². The van der Waals surface area contributed by atoms with Crippen LogP contribution in [0, 0.1) is 0 Å². The normalized spacial score (nSPS) is 19.7. The Balaban J connectivity index is 2.64. The quantitative estimate of drug-likeness (QED) is 0.528. The van der Waals surface area contributed by atoms with E-state index in [4.69, 9.17) is 4.74 Å². The van der Waals surface area contributed by atoms with Crippen LogP contribution in [0.1, 0.15) is 19.3 Å². The summed E-state index contributed by atoms with van der Waals surface area (Å²) in [4.78, 5) is 2.39. The van der Waals surface area contributed by atoms with Crippen molar-refractivity contribution in [2.45, 2.75) is 38.9 Å². The summed E-state index contributed by atoms with van der Waals surface area (Å²) >= 11 is 0. The van der Waals surface area contributed by atoms with Crippen LogP contribution in [0.4, 0.5) is 0 Å². The van der Waals surface area contributed by atoms with Gasteiger partial charge in [-0.05, 0) is 25.0 Å². The molecule has 0 spiro atoms. The Hall–Kier alpha value is -0.443. The molecule has 1 fully saturated rings. The van der Waals surface area contributed by atoms with Crippen LogP contribution in [0.5, 0.6) is 0 Å². The number of rotatable bonds is 3. The average molecular weight is 213 g/mol. The second-order valence-electron chi connectivity index (χ2n) is 5.10. The summed E-state index contributed by atoms with van der Waals surface area (Å²) in [6, 6.07) is 0. The van der Waals surface area contributed by atoms with Gasteiger partial charge in [0, 0.05) is 13.1 Å². The topological polar surface area (TPSA) is 12.5 Å². The van der Waals surface area contributed by atoms with E-state index in [1.807, 2.05) is 0 Å². The molecule has 1 rings (SSSR count). The lowest BCUT2D eigenvalue weighted by molar-refractivity contribution is 0.136. The van der Waals surface area contributed by atoms with E-state index in [0.717, 1.165) is 5.88 Å². The standard InChI is InChI=1S/C11H23NOSi/c1-13-11(10-14(2,3)4)12-8-6-5-7-9-12/h10H,5-9H2,1-4H3. The molecule has 0 radical (unpaired) electrons. The molecule has 0 aliphatic carbocycles. The van der Waals surface area contributed by atoms with Crippen LogP contribution in [0.3, 0.4) is 0 Å². The van der Waals surface area contributed by atoms with Crippen molar-refractivity contribution in [2.24, 2.45) is 0 Å². The van der Waals surface area contributed by atoms with Crippen LogP contribution in [-0.4, -0.2) is 33.2 Å². The van der Waals surface area contributed by atoms with Gasteiger partial charge in [-0.25, -0.2) is 0 Å². The number of methoxy groups -OCH3 is 1. The monoisotopic (exact) mass is 213 g/mol. The van der Waals surface area contributed by atoms with E-state index in [-0.39, 0.29) is 0 Å². The summed E-state index contributed by atoms with van der Waals surface area (Å²) in [6.07, 6.45) is 4.00. The SMILES string of the molecule is COC(=C[Si](C)(C)C)N1CCCCC1. The molecule has 0 N–H and O–H groups in total. The molecule has 14 heavy (non-hydrogen) atoms. The Morgan fingerprint density at radius 3 is 2.14 bits per heavy atom. The molecule has 0 atom stereocenters. The van der Waals surface area contributed by atoms with Gasteiger partial charge >= 0.3 is 0 Å². The molecule has 1 aliphatic rings. The highest BCUT2D eigenvalue weighted by atomic mass is 28.3. The molecule has 3 heteroatoms. The molecule has 0 aromatic rings. The lowest BCUT2D eigenvalue weighted by atomic mass is 10.1. The van der Waals surface area contributed by atoms with Gasteiger partial charge in [-0.15, -0.1) is 0 Å². The van der Waals surface area contributed by atoms with Crippen molar-refractivity contribution in [3.63, 3.8) is 0 Å². The molecular weight excluding hydrogens is 190 g/mol. The Morgan fingerprint density at radius 2 is 1.71 bits per heavy atom. The first kappa shape index (κ1) is 11.6. The maximum Gasteiger partial charge on any atom is 0.180 e. The van der Waals surface area contributed by atoms with Crippen LogP contribution < -0.4 is 0 Å². The maximum absolute atomic E-state index is 5.49. The molecule has 1 heterocycles. The fourth-order valence-electron chi connectivity index (χ4n) is 1.76. The van der Waals surface area contributed by atoms with Gasteiger partial charge in [0.15, 0.2) is 5.88 Å². The van der Waals surface area contributed by atoms with Gasteiger partial charge in [-0.2, -0.15) is 0 Å². The van der Waals surface area contributed by atoms with Crippen molar-refractivity contribution in [2.75, 3.05) is 20.2 Å². The predicted octanol–water partition coefficient (Wildman–Crippen LogP) is 2.84. The van der Waals surface area contributed by atoms with Gasteiger partial charge in [0.25, 0.3) is 0 Å². The van der Waals surface area contributed by atoms with Crippen molar-refractivity contribution in [1.82, 2.24) is 4.90 Å². The van der Waals surface area contributed by atoms with Gasteiger partial charge in [0.2, 0.25) is 0 Å². The molecule has 0 bridgehead atoms. The molecule has 0 aromatic heterocycles. The summed E-state index contributed by atoms with van der Waals surface area (Å²) < 4.78 is 5.49. The van der Waals surface area contributed by atoms with Crippen molar-refractivity contribution in [3.05, 3.63) is 11.6 Å². The maximum atomic E-state index is 5.49. The first-order valence-electron chi connectivity index (χ1n) is 5.55. The molecule has 0 saturated carbocycles. The molecule has 1 saturated heterocycles. The zero-order valence-corrected chi connectivity index (χ0v) is 11.0. The Morgan fingerprint density at radius 1 is 1.14 bits per heavy atom. The second-order valence-corrected chi connectivity index (χ2v) is 10.1. The van der Waals surface area contributed by atoms with E-state index < -0.39 is 8.07 Å². The van der Waals surface area contributed by atoms with Crippen LogP contribution >= 0.6 is 0 Å². The third kappa shape index (κ3) is 3.74. The lowest BCUT2D eigenvalue weighted by Crippen LogP contribution is -2.32. The molecular formula is C11H23NOSi. The highest BCUT2D eigenvalue weighted by molar-refractivity contribution is 6.81. The highest BCUT2D eigenvalue weighted by Gasteiger charge is 2.18. The van der Waals surface area contributed by atoms with Crippen LogP contribution in [-0.2, 0) is 4.74 Å².